The van der Waals surface area contributed by atoms with Gasteiger partial charge >= 0.3 is 0 Å². The molecule has 0 aliphatic heterocycles. The van der Waals surface area contributed by atoms with Crippen molar-refractivity contribution in [3.05, 3.63) is 30.0 Å². The minimum Gasteiger partial charge on any atom is -0.278 e. The number of hydrazine groups is 1. The van der Waals surface area contributed by atoms with Gasteiger partial charge in [-0.15, -0.1) is 11.6 Å². The van der Waals surface area contributed by atoms with Gasteiger partial charge in [0, 0.05) is 5.39 Å². The maximum absolute atomic E-state index is 11.8. The van der Waals surface area contributed by atoms with E-state index in [0.717, 1.165) is 5.52 Å². The van der Waals surface area contributed by atoms with Gasteiger partial charge in [0.25, 0.3) is 11.8 Å². The number of hydrogen-bond donors (Lipinski definition) is 3. The quantitative estimate of drug-likeness (QED) is 0.539. The van der Waals surface area contributed by atoms with E-state index < -0.39 is 11.8 Å². The van der Waals surface area contributed by atoms with Crippen molar-refractivity contribution in [3.8, 4) is 0 Å². The molecule has 6 nitrogen and oxygen atoms in total. The first-order chi connectivity index (χ1) is 8.22. The summed E-state index contributed by atoms with van der Waals surface area (Å²) >= 11 is 5.28. The van der Waals surface area contributed by atoms with Crippen LogP contribution in [0, 0.1) is 0 Å². The normalized spacial score (nSPS) is 10.2. The summed E-state index contributed by atoms with van der Waals surface area (Å²) in [6.07, 6.45) is 1.55. The summed E-state index contributed by atoms with van der Waals surface area (Å²) in [5.41, 5.74) is 5.63. The van der Waals surface area contributed by atoms with Crippen molar-refractivity contribution in [3.63, 3.8) is 0 Å². The average Bonchev–Trinajstić information content (AvgIpc) is 2.83. The zero-order valence-electron chi connectivity index (χ0n) is 8.66. The fraction of sp³-hybridized carbons (Fsp3) is 0.100. The van der Waals surface area contributed by atoms with E-state index in [1.165, 1.54) is 0 Å². The van der Waals surface area contributed by atoms with Crippen LogP contribution in [0.2, 0.25) is 0 Å². The Morgan fingerprint density at radius 1 is 1.35 bits per heavy atom. The van der Waals surface area contributed by atoms with E-state index in [-0.39, 0.29) is 5.88 Å². The van der Waals surface area contributed by atoms with E-state index in [2.05, 4.69) is 21.0 Å². The van der Waals surface area contributed by atoms with Gasteiger partial charge in [-0.1, -0.05) is 6.07 Å². The Morgan fingerprint density at radius 2 is 2.18 bits per heavy atom. The minimum atomic E-state index is -0.473. The molecule has 17 heavy (non-hydrogen) atoms. The third-order valence-corrected chi connectivity index (χ3v) is 2.41. The van der Waals surface area contributed by atoms with Gasteiger partial charge in [-0.25, -0.2) is 0 Å². The molecule has 3 N–H and O–H groups in total. The van der Waals surface area contributed by atoms with E-state index in [0.29, 0.717) is 10.9 Å². The average molecular weight is 253 g/mol. The molecular weight excluding hydrogens is 244 g/mol. The molecule has 2 aromatic rings. The topological polar surface area (TPSA) is 86.9 Å². The number of carbonyl (C=O) groups excluding carboxylic acids is 2. The van der Waals surface area contributed by atoms with Crippen LogP contribution in [0.15, 0.2) is 24.4 Å². The summed E-state index contributed by atoms with van der Waals surface area (Å²) in [5, 5.41) is 7.28. The predicted octanol–water partition coefficient (Wildman–Crippen LogP) is 0.563. The second kappa shape index (κ2) is 4.84. The molecule has 2 amide bonds. The Balaban J connectivity index is 2.19. The molecule has 0 spiro atoms. The van der Waals surface area contributed by atoms with Crippen molar-refractivity contribution in [1.82, 2.24) is 21.0 Å². The van der Waals surface area contributed by atoms with E-state index in [1.807, 2.05) is 0 Å². The lowest BCUT2D eigenvalue weighted by Crippen LogP contribution is -2.42. The van der Waals surface area contributed by atoms with Crippen molar-refractivity contribution >= 4 is 34.3 Å². The smallest absolute Gasteiger partial charge is 0.270 e. The molecule has 1 aromatic carbocycles. The van der Waals surface area contributed by atoms with Gasteiger partial charge in [-0.2, -0.15) is 5.10 Å². The number of rotatable bonds is 2. The highest BCUT2D eigenvalue weighted by Gasteiger charge is 2.11. The molecule has 0 saturated heterocycles. The molecular formula is C10H9ClN4O2. The third kappa shape index (κ3) is 2.36. The maximum atomic E-state index is 11.8. The van der Waals surface area contributed by atoms with E-state index >= 15 is 0 Å². The molecule has 0 aliphatic rings. The lowest BCUT2D eigenvalue weighted by molar-refractivity contribution is -0.119. The second-order valence-electron chi connectivity index (χ2n) is 3.27. The first-order valence-electron chi connectivity index (χ1n) is 4.79. The summed E-state index contributed by atoms with van der Waals surface area (Å²) in [6.45, 7) is 0. The molecule has 0 radical (unpaired) electrons. The van der Waals surface area contributed by atoms with Crippen LogP contribution in [-0.2, 0) is 4.79 Å². The van der Waals surface area contributed by atoms with Crippen molar-refractivity contribution in [2.24, 2.45) is 0 Å². The molecule has 0 saturated carbocycles. The number of alkyl halides is 1. The van der Waals surface area contributed by atoms with E-state index in [1.54, 1.807) is 24.4 Å². The number of fused-ring (bicyclic) bond motifs is 1. The maximum Gasteiger partial charge on any atom is 0.270 e. The highest BCUT2D eigenvalue weighted by Crippen LogP contribution is 2.15. The number of nitrogens with zero attached hydrogens (tertiary/aromatic N) is 1. The number of nitrogens with one attached hydrogen (secondary N) is 3. The Bertz CT molecular complexity index is 566. The Hall–Kier alpha value is -2.08. The van der Waals surface area contributed by atoms with Crippen molar-refractivity contribution in [2.45, 2.75) is 0 Å². The van der Waals surface area contributed by atoms with Gasteiger partial charge in [0.15, 0.2) is 0 Å². The predicted molar refractivity (Wildman–Crippen MR) is 62.4 cm³/mol. The van der Waals surface area contributed by atoms with Gasteiger partial charge in [-0.05, 0) is 12.1 Å². The van der Waals surface area contributed by atoms with Crippen molar-refractivity contribution < 1.29 is 9.59 Å². The van der Waals surface area contributed by atoms with E-state index in [4.69, 9.17) is 11.6 Å². The Kier molecular flexibility index (Phi) is 3.24. The van der Waals surface area contributed by atoms with E-state index in [9.17, 15) is 9.59 Å². The number of aromatic nitrogens is 2. The van der Waals surface area contributed by atoms with Crippen LogP contribution in [0.25, 0.3) is 10.9 Å². The number of carbonyl (C=O) groups is 2. The largest absolute Gasteiger partial charge is 0.278 e. The zero-order chi connectivity index (χ0) is 12.3. The first-order valence-corrected chi connectivity index (χ1v) is 5.33. The molecule has 1 heterocycles. The fourth-order valence-corrected chi connectivity index (χ4v) is 1.46. The van der Waals surface area contributed by atoms with Gasteiger partial charge < -0.3 is 0 Å². The molecule has 0 bridgehead atoms. The number of benzene rings is 1. The zero-order valence-corrected chi connectivity index (χ0v) is 9.41. The highest BCUT2D eigenvalue weighted by atomic mass is 35.5. The number of halogens is 1. The summed E-state index contributed by atoms with van der Waals surface area (Å²) in [6, 6.07) is 5.16. The van der Waals surface area contributed by atoms with Crippen LogP contribution < -0.4 is 10.9 Å². The molecule has 0 unspecified atom stereocenters. The molecule has 7 heteroatoms. The second-order valence-corrected chi connectivity index (χ2v) is 3.54. The number of amides is 2. The summed E-state index contributed by atoms with van der Waals surface area (Å²) in [7, 11) is 0. The lowest BCUT2D eigenvalue weighted by Gasteiger charge is -2.06. The summed E-state index contributed by atoms with van der Waals surface area (Å²) < 4.78 is 0. The number of aromatic amines is 1. The first kappa shape index (κ1) is 11.4. The fourth-order valence-electron chi connectivity index (χ4n) is 1.39. The molecule has 0 atom stereocenters. The van der Waals surface area contributed by atoms with Crippen LogP contribution in [0.1, 0.15) is 10.4 Å². The molecule has 0 fully saturated rings. The van der Waals surface area contributed by atoms with Gasteiger partial charge in [0.1, 0.15) is 5.88 Å². The number of hydrogen-bond acceptors (Lipinski definition) is 3. The van der Waals surface area contributed by atoms with Gasteiger partial charge in [-0.3, -0.25) is 25.5 Å². The van der Waals surface area contributed by atoms with Crippen LogP contribution in [-0.4, -0.2) is 27.9 Å². The summed E-state index contributed by atoms with van der Waals surface area (Å²) in [4.78, 5) is 22.7. The summed E-state index contributed by atoms with van der Waals surface area (Å²) in [5.74, 6) is -1.11. The van der Waals surface area contributed by atoms with Crippen LogP contribution in [0.5, 0.6) is 0 Å². The Morgan fingerprint density at radius 3 is 2.94 bits per heavy atom. The highest BCUT2D eigenvalue weighted by molar-refractivity contribution is 6.27. The molecule has 0 aliphatic carbocycles. The molecule has 2 rings (SSSR count). The van der Waals surface area contributed by atoms with Crippen molar-refractivity contribution in [2.75, 3.05) is 5.88 Å². The van der Waals surface area contributed by atoms with Crippen LogP contribution in [0.3, 0.4) is 0 Å². The standard InChI is InChI=1S/C10H9ClN4O2/c11-4-9(16)14-15-10(17)6-2-1-3-8-7(6)5-12-13-8/h1-3,5H,4H2,(H,12,13)(H,14,16)(H,15,17). The van der Waals surface area contributed by atoms with Gasteiger partial charge in [0.2, 0.25) is 0 Å². The molecule has 88 valence electrons. The molecule has 1 aromatic heterocycles. The monoisotopic (exact) mass is 252 g/mol. The minimum absolute atomic E-state index is 0.212. The SMILES string of the molecule is O=C(CCl)NNC(=O)c1cccc2[nH]ncc12. The third-order valence-electron chi connectivity index (χ3n) is 2.17. The van der Waals surface area contributed by atoms with Gasteiger partial charge in [0.05, 0.1) is 17.3 Å². The van der Waals surface area contributed by atoms with Crippen LogP contribution >= 0.6 is 11.6 Å². The lowest BCUT2D eigenvalue weighted by atomic mass is 10.1. The van der Waals surface area contributed by atoms with Crippen LogP contribution in [0.4, 0.5) is 0 Å². The Labute approximate surface area is 101 Å². The van der Waals surface area contributed by atoms with Crippen molar-refractivity contribution in [1.29, 1.82) is 0 Å². The number of H-pyrrole nitrogens is 1.